The average Bonchev–Trinajstić information content (AvgIpc) is 2.43. The van der Waals surface area contributed by atoms with Crippen molar-refractivity contribution in [1.82, 2.24) is 0 Å². The number of alkyl halides is 2. The number of hydrogen-bond acceptors (Lipinski definition) is 0. The normalized spacial score (nSPS) is 11.4. The third kappa shape index (κ3) is 3.59. The highest BCUT2D eigenvalue weighted by Gasteiger charge is 2.07. The van der Waals surface area contributed by atoms with Crippen LogP contribution < -0.4 is 10.4 Å². The zero-order valence-electron chi connectivity index (χ0n) is 11.3. The van der Waals surface area contributed by atoms with Crippen LogP contribution in [0.25, 0.3) is 0 Å². The molecule has 2 aromatic rings. The summed E-state index contributed by atoms with van der Waals surface area (Å²) in [5, 5.41) is 5.00. The molecule has 0 saturated heterocycles. The first-order valence-electron chi connectivity index (χ1n) is 6.43. The van der Waals surface area contributed by atoms with Crippen LogP contribution in [0.15, 0.2) is 36.4 Å². The Hall–Kier alpha value is -0.383. The van der Waals surface area contributed by atoms with Gasteiger partial charge in [0, 0.05) is 10.7 Å². The predicted molar refractivity (Wildman–Crippen MR) is 95.4 cm³/mol. The van der Waals surface area contributed by atoms with E-state index in [0.717, 1.165) is 10.7 Å². The third-order valence-corrected chi connectivity index (χ3v) is 7.10. The Balaban J connectivity index is 2.39. The van der Waals surface area contributed by atoms with E-state index < -0.39 is 9.52 Å². The van der Waals surface area contributed by atoms with Crippen molar-refractivity contribution in [3.05, 3.63) is 58.7 Å². The van der Waals surface area contributed by atoms with Gasteiger partial charge < -0.3 is 0 Å². The SMILES string of the molecule is Cc1cccc([SiH2]c2cc(CBr)ccc2CBr)c1C. The van der Waals surface area contributed by atoms with Crippen molar-refractivity contribution in [2.24, 2.45) is 0 Å². The second kappa shape index (κ2) is 6.87. The minimum Gasteiger partial charge on any atom is -0.0876 e. The molecule has 2 rings (SSSR count). The van der Waals surface area contributed by atoms with Gasteiger partial charge in [0.15, 0.2) is 0 Å². The highest BCUT2D eigenvalue weighted by Crippen LogP contribution is 2.09. The maximum atomic E-state index is 3.61. The van der Waals surface area contributed by atoms with Gasteiger partial charge in [-0.05, 0) is 36.1 Å². The van der Waals surface area contributed by atoms with Crippen molar-refractivity contribution in [1.29, 1.82) is 0 Å². The summed E-state index contributed by atoms with van der Waals surface area (Å²) in [7, 11) is -0.406. The van der Waals surface area contributed by atoms with Crippen LogP contribution in [0.2, 0.25) is 0 Å². The Morgan fingerprint density at radius 3 is 2.42 bits per heavy atom. The van der Waals surface area contributed by atoms with Gasteiger partial charge in [-0.3, -0.25) is 0 Å². The summed E-state index contributed by atoms with van der Waals surface area (Å²) < 4.78 is 0. The Morgan fingerprint density at radius 2 is 1.74 bits per heavy atom. The molecule has 0 aliphatic heterocycles. The molecule has 0 spiro atoms. The lowest BCUT2D eigenvalue weighted by molar-refractivity contribution is 1.36. The number of rotatable bonds is 4. The summed E-state index contributed by atoms with van der Waals surface area (Å²) in [5.74, 6) is 0. The van der Waals surface area contributed by atoms with Crippen molar-refractivity contribution in [2.45, 2.75) is 24.5 Å². The van der Waals surface area contributed by atoms with Crippen molar-refractivity contribution in [3.8, 4) is 0 Å². The molecular weight excluding hydrogens is 380 g/mol. The molecule has 0 nitrogen and oxygen atoms in total. The van der Waals surface area contributed by atoms with Crippen LogP contribution >= 0.6 is 31.9 Å². The molecular formula is C16H18Br2Si. The average molecular weight is 398 g/mol. The summed E-state index contributed by atoms with van der Waals surface area (Å²) >= 11 is 7.17. The summed E-state index contributed by atoms with van der Waals surface area (Å²) in [5.41, 5.74) is 5.69. The molecule has 0 aromatic heterocycles. The van der Waals surface area contributed by atoms with E-state index in [9.17, 15) is 0 Å². The highest BCUT2D eigenvalue weighted by molar-refractivity contribution is 9.08. The fourth-order valence-electron chi connectivity index (χ4n) is 2.27. The summed E-state index contributed by atoms with van der Waals surface area (Å²) in [4.78, 5) is 0. The number of halogens is 2. The quantitative estimate of drug-likeness (QED) is 0.548. The fourth-order valence-corrected chi connectivity index (χ4v) is 5.57. The van der Waals surface area contributed by atoms with E-state index in [1.807, 2.05) is 0 Å². The molecule has 19 heavy (non-hydrogen) atoms. The van der Waals surface area contributed by atoms with Crippen LogP contribution in [0.5, 0.6) is 0 Å². The van der Waals surface area contributed by atoms with Crippen molar-refractivity contribution < 1.29 is 0 Å². The molecule has 3 heteroatoms. The van der Waals surface area contributed by atoms with Crippen LogP contribution in [0, 0.1) is 13.8 Å². The lowest BCUT2D eigenvalue weighted by Gasteiger charge is -2.12. The van der Waals surface area contributed by atoms with E-state index in [2.05, 4.69) is 82.1 Å². The van der Waals surface area contributed by atoms with Crippen LogP contribution in [-0.2, 0) is 10.7 Å². The van der Waals surface area contributed by atoms with E-state index in [1.54, 1.807) is 10.4 Å². The van der Waals surface area contributed by atoms with Crippen LogP contribution in [-0.4, -0.2) is 9.52 Å². The Morgan fingerprint density at radius 1 is 0.947 bits per heavy atom. The predicted octanol–water partition coefficient (Wildman–Crippen LogP) is 3.21. The summed E-state index contributed by atoms with van der Waals surface area (Å²) in [6.07, 6.45) is 0. The monoisotopic (exact) mass is 396 g/mol. The lowest BCUT2D eigenvalue weighted by Crippen LogP contribution is -2.32. The Kier molecular flexibility index (Phi) is 5.43. The number of aryl methyl sites for hydroxylation is 1. The van der Waals surface area contributed by atoms with E-state index in [0.29, 0.717) is 0 Å². The number of hydrogen-bond donors (Lipinski definition) is 0. The second-order valence-electron chi connectivity index (χ2n) is 4.91. The molecule has 0 aliphatic carbocycles. The minimum absolute atomic E-state index is 0.406. The first-order valence-corrected chi connectivity index (χ1v) is 10.1. The maximum absolute atomic E-state index is 3.61. The minimum atomic E-state index is -0.406. The first-order chi connectivity index (χ1) is 9.15. The largest absolute Gasteiger partial charge is 0.0882 e. The van der Waals surface area contributed by atoms with Gasteiger partial charge in [-0.1, -0.05) is 78.6 Å². The van der Waals surface area contributed by atoms with E-state index in [4.69, 9.17) is 0 Å². The molecule has 0 bridgehead atoms. The molecule has 0 fully saturated rings. The second-order valence-corrected chi connectivity index (χ2v) is 7.90. The molecule has 0 unspecified atom stereocenters. The lowest BCUT2D eigenvalue weighted by atomic mass is 10.1. The molecule has 0 saturated carbocycles. The Labute approximate surface area is 134 Å². The zero-order chi connectivity index (χ0) is 13.8. The fraction of sp³-hybridized carbons (Fsp3) is 0.250. The summed E-state index contributed by atoms with van der Waals surface area (Å²) in [6.45, 7) is 4.45. The van der Waals surface area contributed by atoms with Crippen molar-refractivity contribution in [3.63, 3.8) is 0 Å². The standard InChI is InChI=1S/C16H18Br2Si/c1-11-4-3-5-15(12(11)2)19-16-8-13(9-17)6-7-14(16)10-18/h3-8H,9-10,19H2,1-2H3. The smallest absolute Gasteiger partial charge is 0.0876 e. The first kappa shape index (κ1) is 15.0. The number of benzene rings is 2. The van der Waals surface area contributed by atoms with Gasteiger partial charge in [-0.15, -0.1) is 0 Å². The molecule has 0 N–H and O–H groups in total. The van der Waals surface area contributed by atoms with Gasteiger partial charge in [0.1, 0.15) is 0 Å². The van der Waals surface area contributed by atoms with Gasteiger partial charge in [-0.25, -0.2) is 0 Å². The van der Waals surface area contributed by atoms with Crippen molar-refractivity contribution >= 4 is 51.8 Å². The van der Waals surface area contributed by atoms with Gasteiger partial charge in [0.25, 0.3) is 0 Å². The molecule has 0 atom stereocenters. The van der Waals surface area contributed by atoms with Gasteiger partial charge in [0.05, 0.1) is 9.52 Å². The van der Waals surface area contributed by atoms with Gasteiger partial charge in [-0.2, -0.15) is 0 Å². The highest BCUT2D eigenvalue weighted by atomic mass is 79.9. The van der Waals surface area contributed by atoms with Crippen LogP contribution in [0.4, 0.5) is 0 Å². The van der Waals surface area contributed by atoms with Crippen LogP contribution in [0.3, 0.4) is 0 Å². The topological polar surface area (TPSA) is 0 Å². The van der Waals surface area contributed by atoms with Crippen LogP contribution in [0.1, 0.15) is 22.3 Å². The van der Waals surface area contributed by atoms with Crippen molar-refractivity contribution in [2.75, 3.05) is 0 Å². The van der Waals surface area contributed by atoms with E-state index in [-0.39, 0.29) is 0 Å². The molecule has 100 valence electrons. The van der Waals surface area contributed by atoms with E-state index >= 15 is 0 Å². The molecule has 0 heterocycles. The van der Waals surface area contributed by atoms with Gasteiger partial charge >= 0.3 is 0 Å². The maximum Gasteiger partial charge on any atom is 0.0882 e. The molecule has 0 aliphatic rings. The van der Waals surface area contributed by atoms with Gasteiger partial charge in [0.2, 0.25) is 0 Å². The summed E-state index contributed by atoms with van der Waals surface area (Å²) in [6, 6.07) is 13.5. The van der Waals surface area contributed by atoms with E-state index in [1.165, 1.54) is 22.3 Å². The molecule has 2 aromatic carbocycles. The Bertz CT molecular complexity index is 579. The molecule has 0 radical (unpaired) electrons. The zero-order valence-corrected chi connectivity index (χ0v) is 15.9. The third-order valence-electron chi connectivity index (χ3n) is 3.67. The molecule has 0 amide bonds.